The van der Waals surface area contributed by atoms with E-state index in [1.165, 1.54) is 18.4 Å². The van der Waals surface area contributed by atoms with Crippen LogP contribution in [-0.4, -0.2) is 19.1 Å². The second kappa shape index (κ2) is 6.62. The van der Waals surface area contributed by atoms with Gasteiger partial charge >= 0.3 is 0 Å². The first-order valence-corrected chi connectivity index (χ1v) is 5.11. The van der Waals surface area contributed by atoms with Crippen LogP contribution in [0.15, 0.2) is 31.0 Å². The third-order valence-corrected chi connectivity index (χ3v) is 2.04. The maximum atomic E-state index is 13.2. The monoisotopic (exact) mass is 241 g/mol. The van der Waals surface area contributed by atoms with E-state index >= 15 is 0 Å². The minimum Gasteiger partial charge on any atom is -0.502 e. The van der Waals surface area contributed by atoms with Crippen molar-refractivity contribution in [2.24, 2.45) is 0 Å². The minimum atomic E-state index is -1.13. The molecule has 0 saturated heterocycles. The first kappa shape index (κ1) is 13.2. The Bertz CT molecular complexity index is 407. The second-order valence-electron chi connectivity index (χ2n) is 3.25. The van der Waals surface area contributed by atoms with Crippen LogP contribution in [0.2, 0.25) is 0 Å². The fourth-order valence-electron chi connectivity index (χ4n) is 1.22. The van der Waals surface area contributed by atoms with Crippen molar-refractivity contribution in [3.63, 3.8) is 0 Å². The smallest absolute Gasteiger partial charge is 0.254 e. The Balaban J connectivity index is 2.47. The van der Waals surface area contributed by atoms with Gasteiger partial charge in [-0.25, -0.2) is 8.78 Å². The lowest BCUT2D eigenvalue weighted by molar-refractivity contribution is 0.0945. The molecule has 1 aromatic carbocycles. The summed E-state index contributed by atoms with van der Waals surface area (Å²) in [6.45, 7) is 4.10. The van der Waals surface area contributed by atoms with Gasteiger partial charge in [0, 0.05) is 6.54 Å². The zero-order valence-electron chi connectivity index (χ0n) is 9.21. The molecule has 0 atom stereocenters. The summed E-state index contributed by atoms with van der Waals surface area (Å²) < 4.78 is 30.9. The summed E-state index contributed by atoms with van der Waals surface area (Å²) >= 11 is 0. The van der Waals surface area contributed by atoms with Crippen molar-refractivity contribution in [2.45, 2.75) is 6.42 Å². The van der Waals surface area contributed by atoms with Crippen LogP contribution in [0.1, 0.15) is 16.8 Å². The second-order valence-corrected chi connectivity index (χ2v) is 3.25. The van der Waals surface area contributed by atoms with E-state index in [0.717, 1.165) is 6.07 Å². The molecule has 0 heterocycles. The molecule has 0 aliphatic carbocycles. The predicted molar refractivity (Wildman–Crippen MR) is 59.5 cm³/mol. The Kier molecular flexibility index (Phi) is 5.13. The van der Waals surface area contributed by atoms with Gasteiger partial charge in [-0.05, 0) is 18.6 Å². The lowest BCUT2D eigenvalue weighted by atomic mass is 10.2. The third kappa shape index (κ3) is 3.86. The van der Waals surface area contributed by atoms with Gasteiger partial charge in [-0.1, -0.05) is 12.6 Å². The highest BCUT2D eigenvalue weighted by Gasteiger charge is 2.13. The van der Waals surface area contributed by atoms with Crippen LogP contribution < -0.4 is 5.32 Å². The first-order valence-electron chi connectivity index (χ1n) is 5.11. The molecular formula is C12H13F2NO2. The van der Waals surface area contributed by atoms with E-state index in [9.17, 15) is 13.6 Å². The van der Waals surface area contributed by atoms with Crippen molar-refractivity contribution >= 4 is 5.91 Å². The number of nitrogens with one attached hydrogen (secondary N) is 1. The number of halogens is 2. The highest BCUT2D eigenvalue weighted by Crippen LogP contribution is 2.10. The fourth-order valence-corrected chi connectivity index (χ4v) is 1.22. The molecule has 0 bridgehead atoms. The van der Waals surface area contributed by atoms with Gasteiger partial charge in [-0.3, -0.25) is 4.79 Å². The van der Waals surface area contributed by atoms with Gasteiger partial charge in [0.05, 0.1) is 18.4 Å². The molecule has 0 spiro atoms. The quantitative estimate of drug-likeness (QED) is 0.612. The predicted octanol–water partition coefficient (Wildman–Crippen LogP) is 2.24. The fraction of sp³-hybridized carbons (Fsp3) is 0.250. The molecule has 0 unspecified atom stereocenters. The number of carbonyl (C=O) groups is 1. The van der Waals surface area contributed by atoms with E-state index in [1.807, 2.05) is 0 Å². The molecule has 0 aliphatic rings. The van der Waals surface area contributed by atoms with E-state index in [2.05, 4.69) is 11.9 Å². The van der Waals surface area contributed by atoms with E-state index in [-0.39, 0.29) is 5.56 Å². The molecule has 0 fully saturated rings. The lowest BCUT2D eigenvalue weighted by Crippen LogP contribution is -2.26. The summed E-state index contributed by atoms with van der Waals surface area (Å²) in [6.07, 6.45) is 1.86. The zero-order chi connectivity index (χ0) is 12.7. The molecule has 17 heavy (non-hydrogen) atoms. The largest absolute Gasteiger partial charge is 0.502 e. The van der Waals surface area contributed by atoms with Gasteiger partial charge in [-0.2, -0.15) is 0 Å². The van der Waals surface area contributed by atoms with Gasteiger partial charge in [0.1, 0.15) is 0 Å². The molecule has 0 radical (unpaired) electrons. The Labute approximate surface area is 98.1 Å². The molecule has 1 rings (SSSR count). The third-order valence-electron chi connectivity index (χ3n) is 2.04. The first-order chi connectivity index (χ1) is 8.16. The van der Waals surface area contributed by atoms with Crippen LogP contribution in [0.3, 0.4) is 0 Å². The average molecular weight is 241 g/mol. The molecule has 1 N–H and O–H groups in total. The van der Waals surface area contributed by atoms with Crippen molar-refractivity contribution < 1.29 is 18.3 Å². The summed E-state index contributed by atoms with van der Waals surface area (Å²) in [7, 11) is 0. The average Bonchev–Trinajstić information content (AvgIpc) is 2.32. The normalized spacial score (nSPS) is 9.76. The van der Waals surface area contributed by atoms with Gasteiger partial charge in [0.25, 0.3) is 5.91 Å². The van der Waals surface area contributed by atoms with E-state index in [0.29, 0.717) is 19.6 Å². The van der Waals surface area contributed by atoms with Crippen LogP contribution in [0.25, 0.3) is 0 Å². The maximum absolute atomic E-state index is 13.2. The van der Waals surface area contributed by atoms with Gasteiger partial charge < -0.3 is 10.1 Å². The standard InChI is InChI=1S/C12H13F2NO2/c1-2-17-8-4-7-15-12(16)9-5-3-6-10(13)11(9)14/h2-3,5-6H,1,4,7-8H2,(H,15,16). The molecule has 1 aromatic rings. The molecule has 0 saturated carbocycles. The maximum Gasteiger partial charge on any atom is 0.254 e. The molecular weight excluding hydrogens is 228 g/mol. The molecule has 0 aromatic heterocycles. The number of carbonyl (C=O) groups excluding carboxylic acids is 1. The number of hydrogen-bond donors (Lipinski definition) is 1. The van der Waals surface area contributed by atoms with E-state index in [1.54, 1.807) is 0 Å². The van der Waals surface area contributed by atoms with Gasteiger partial charge in [0.2, 0.25) is 0 Å². The highest BCUT2D eigenvalue weighted by atomic mass is 19.2. The number of ether oxygens (including phenoxy) is 1. The number of rotatable bonds is 6. The van der Waals surface area contributed by atoms with Crippen molar-refractivity contribution in [2.75, 3.05) is 13.2 Å². The lowest BCUT2D eigenvalue weighted by Gasteiger charge is -2.06. The summed E-state index contributed by atoms with van der Waals surface area (Å²) in [5.41, 5.74) is -0.297. The van der Waals surface area contributed by atoms with Crippen LogP contribution in [0.5, 0.6) is 0 Å². The van der Waals surface area contributed by atoms with Crippen LogP contribution in [0.4, 0.5) is 8.78 Å². The van der Waals surface area contributed by atoms with Crippen molar-refractivity contribution in [3.8, 4) is 0 Å². The van der Waals surface area contributed by atoms with Crippen molar-refractivity contribution in [3.05, 3.63) is 48.2 Å². The Morgan fingerprint density at radius 1 is 1.47 bits per heavy atom. The van der Waals surface area contributed by atoms with Crippen LogP contribution in [-0.2, 0) is 4.74 Å². The molecule has 1 amide bonds. The number of amides is 1. The Morgan fingerprint density at radius 3 is 2.94 bits per heavy atom. The van der Waals surface area contributed by atoms with Crippen LogP contribution in [0, 0.1) is 11.6 Å². The molecule has 3 nitrogen and oxygen atoms in total. The summed E-state index contributed by atoms with van der Waals surface area (Å²) in [4.78, 5) is 11.5. The van der Waals surface area contributed by atoms with Crippen molar-refractivity contribution in [1.29, 1.82) is 0 Å². The van der Waals surface area contributed by atoms with Gasteiger partial charge in [-0.15, -0.1) is 0 Å². The SMILES string of the molecule is C=COCCCNC(=O)c1cccc(F)c1F. The van der Waals surface area contributed by atoms with Crippen LogP contribution >= 0.6 is 0 Å². The topological polar surface area (TPSA) is 38.3 Å². The highest BCUT2D eigenvalue weighted by molar-refractivity contribution is 5.94. The summed E-state index contributed by atoms with van der Waals surface area (Å²) in [5.74, 6) is -2.81. The minimum absolute atomic E-state index is 0.297. The van der Waals surface area contributed by atoms with Gasteiger partial charge in [0.15, 0.2) is 11.6 Å². The molecule has 0 aliphatic heterocycles. The Hall–Kier alpha value is -1.91. The van der Waals surface area contributed by atoms with Crippen molar-refractivity contribution in [1.82, 2.24) is 5.32 Å². The molecule has 92 valence electrons. The Morgan fingerprint density at radius 2 is 2.24 bits per heavy atom. The summed E-state index contributed by atoms with van der Waals surface area (Å²) in [6, 6.07) is 3.48. The zero-order valence-corrected chi connectivity index (χ0v) is 9.21. The number of hydrogen-bond acceptors (Lipinski definition) is 2. The molecule has 5 heteroatoms. The summed E-state index contributed by atoms with van der Waals surface area (Å²) in [5, 5.41) is 2.47. The van der Waals surface area contributed by atoms with E-state index < -0.39 is 17.5 Å². The van der Waals surface area contributed by atoms with E-state index in [4.69, 9.17) is 4.74 Å². The number of benzene rings is 1.